The predicted octanol–water partition coefficient (Wildman–Crippen LogP) is 5.82. The van der Waals surface area contributed by atoms with E-state index < -0.39 is 0 Å². The summed E-state index contributed by atoms with van der Waals surface area (Å²) in [4.78, 5) is 0. The Balaban J connectivity index is 3.29. The van der Waals surface area contributed by atoms with Gasteiger partial charge in [0.25, 0.3) is 0 Å². The lowest BCUT2D eigenvalue weighted by atomic mass is 10.2. The van der Waals surface area contributed by atoms with Gasteiger partial charge in [0.05, 0.1) is 13.2 Å². The molecule has 0 aliphatic heterocycles. The molecule has 0 aromatic heterocycles. The minimum atomic E-state index is 0.629. The van der Waals surface area contributed by atoms with Crippen LogP contribution in [0.5, 0.6) is 0 Å². The van der Waals surface area contributed by atoms with Crippen molar-refractivity contribution in [2.24, 2.45) is 0 Å². The van der Waals surface area contributed by atoms with Crippen molar-refractivity contribution in [1.82, 2.24) is 0 Å². The standard InChI is InChI=1S/C18H29ClO/c1-2-3-4-5-6-7-8-9-11-14-17-20-18-15-12-10-13-16-19/h6-7,9-11,15H,2-5,8,13-14,16-18H2,1H3/b7-6-,11-9-. The lowest BCUT2D eigenvalue weighted by Gasteiger charge is -1.95. The van der Waals surface area contributed by atoms with Crippen molar-refractivity contribution in [3.05, 3.63) is 42.2 Å². The molecule has 0 N–H and O–H groups in total. The number of alkyl halides is 1. The van der Waals surface area contributed by atoms with Gasteiger partial charge in [0.15, 0.2) is 0 Å². The quantitative estimate of drug-likeness (QED) is 0.180. The maximum atomic E-state index is 5.54. The molecule has 0 aliphatic carbocycles. The first-order valence-electron chi connectivity index (χ1n) is 7.75. The summed E-state index contributed by atoms with van der Waals surface area (Å²) in [5.41, 5.74) is 3.04. The Labute approximate surface area is 130 Å². The fourth-order valence-corrected chi connectivity index (χ4v) is 1.69. The number of hydrogen-bond donors (Lipinski definition) is 0. The molecular weight excluding hydrogens is 268 g/mol. The molecule has 0 aromatic carbocycles. The molecule has 0 rings (SSSR count). The smallest absolute Gasteiger partial charge is 0.0721 e. The number of halogens is 1. The second-order valence-corrected chi connectivity index (χ2v) is 4.97. The van der Waals surface area contributed by atoms with Gasteiger partial charge in [-0.25, -0.2) is 0 Å². The summed E-state index contributed by atoms with van der Waals surface area (Å²) in [7, 11) is 0. The molecule has 0 spiro atoms. The number of ether oxygens (including phenoxy) is 1. The number of rotatable bonds is 13. The first kappa shape index (κ1) is 19.2. The summed E-state index contributed by atoms with van der Waals surface area (Å²) in [5, 5.41) is 0. The molecule has 2 heteroatoms. The van der Waals surface area contributed by atoms with E-state index in [0.29, 0.717) is 12.5 Å². The van der Waals surface area contributed by atoms with Crippen LogP contribution < -0.4 is 0 Å². The van der Waals surface area contributed by atoms with Crippen LogP contribution in [0.15, 0.2) is 42.2 Å². The van der Waals surface area contributed by atoms with Crippen LogP contribution in [0.1, 0.15) is 51.9 Å². The van der Waals surface area contributed by atoms with Crippen molar-refractivity contribution in [2.45, 2.75) is 51.9 Å². The van der Waals surface area contributed by atoms with E-state index >= 15 is 0 Å². The van der Waals surface area contributed by atoms with Gasteiger partial charge in [-0.15, -0.1) is 17.3 Å². The third kappa shape index (κ3) is 17.2. The summed E-state index contributed by atoms with van der Waals surface area (Å²) in [5.74, 6) is 0.652. The van der Waals surface area contributed by atoms with Crippen LogP contribution >= 0.6 is 11.6 Å². The topological polar surface area (TPSA) is 9.23 Å². The second-order valence-electron chi connectivity index (χ2n) is 4.59. The predicted molar refractivity (Wildman–Crippen MR) is 90.5 cm³/mol. The van der Waals surface area contributed by atoms with Crippen LogP contribution in [-0.4, -0.2) is 19.1 Å². The maximum Gasteiger partial charge on any atom is 0.0721 e. The Morgan fingerprint density at radius 2 is 1.75 bits per heavy atom. The zero-order chi connectivity index (χ0) is 14.7. The van der Waals surface area contributed by atoms with Crippen molar-refractivity contribution in [2.75, 3.05) is 19.1 Å². The van der Waals surface area contributed by atoms with Crippen LogP contribution in [0, 0.1) is 0 Å². The molecule has 0 saturated heterocycles. The fraction of sp³-hybridized carbons (Fsp3) is 0.611. The third-order valence-corrected chi connectivity index (χ3v) is 2.92. The summed E-state index contributed by atoms with van der Waals surface area (Å²) in [6.45, 7) is 3.63. The molecule has 1 nitrogen and oxygen atoms in total. The first-order chi connectivity index (χ1) is 9.91. The van der Waals surface area contributed by atoms with Crippen LogP contribution in [0.2, 0.25) is 0 Å². The molecule has 0 amide bonds. The third-order valence-electron chi connectivity index (χ3n) is 2.70. The Hall–Kier alpha value is -0.750. The monoisotopic (exact) mass is 296 g/mol. The molecule has 20 heavy (non-hydrogen) atoms. The summed E-state index contributed by atoms with van der Waals surface area (Å²) < 4.78 is 5.45. The zero-order valence-corrected chi connectivity index (χ0v) is 13.6. The molecule has 114 valence electrons. The van der Waals surface area contributed by atoms with Gasteiger partial charge in [-0.1, -0.05) is 44.1 Å². The van der Waals surface area contributed by atoms with Crippen LogP contribution in [0.3, 0.4) is 0 Å². The van der Waals surface area contributed by atoms with E-state index in [4.69, 9.17) is 16.3 Å². The summed E-state index contributed by atoms with van der Waals surface area (Å²) >= 11 is 5.54. The average molecular weight is 297 g/mol. The van der Waals surface area contributed by atoms with Crippen LogP contribution in [0.4, 0.5) is 0 Å². The molecule has 0 aliphatic rings. The van der Waals surface area contributed by atoms with E-state index in [9.17, 15) is 0 Å². The second kappa shape index (κ2) is 18.2. The van der Waals surface area contributed by atoms with Crippen molar-refractivity contribution in [1.29, 1.82) is 0 Å². The van der Waals surface area contributed by atoms with Gasteiger partial charge in [0.2, 0.25) is 0 Å². The van der Waals surface area contributed by atoms with E-state index in [1.165, 1.54) is 25.7 Å². The Kier molecular flexibility index (Phi) is 17.6. The van der Waals surface area contributed by atoms with E-state index in [1.807, 2.05) is 12.2 Å². The van der Waals surface area contributed by atoms with E-state index in [2.05, 4.69) is 37.0 Å². The highest BCUT2D eigenvalue weighted by Crippen LogP contribution is 2.00. The van der Waals surface area contributed by atoms with Crippen LogP contribution in [-0.2, 0) is 4.74 Å². The van der Waals surface area contributed by atoms with E-state index in [-0.39, 0.29) is 0 Å². The van der Waals surface area contributed by atoms with Gasteiger partial charge in [-0.2, -0.15) is 0 Å². The van der Waals surface area contributed by atoms with E-state index in [0.717, 1.165) is 25.9 Å². The maximum absolute atomic E-state index is 5.54. The Morgan fingerprint density at radius 3 is 2.50 bits per heavy atom. The lowest BCUT2D eigenvalue weighted by molar-refractivity contribution is 0.167. The largest absolute Gasteiger partial charge is 0.376 e. The van der Waals surface area contributed by atoms with Crippen molar-refractivity contribution >= 4 is 11.6 Å². The molecule has 0 aromatic rings. The molecule has 0 radical (unpaired) electrons. The summed E-state index contributed by atoms with van der Waals surface area (Å²) in [6, 6.07) is 0. The highest BCUT2D eigenvalue weighted by molar-refractivity contribution is 6.17. The molecule has 0 bridgehead atoms. The minimum absolute atomic E-state index is 0.629. The van der Waals surface area contributed by atoms with Gasteiger partial charge >= 0.3 is 0 Å². The molecular formula is C18H29ClO. The van der Waals surface area contributed by atoms with Crippen molar-refractivity contribution in [3.8, 4) is 0 Å². The minimum Gasteiger partial charge on any atom is -0.376 e. The SMILES string of the molecule is CCCCC/C=C\C/C=C\CCOCC=C=CCCCl. The molecule has 0 fully saturated rings. The zero-order valence-electron chi connectivity index (χ0n) is 12.8. The van der Waals surface area contributed by atoms with Gasteiger partial charge in [-0.3, -0.25) is 0 Å². The normalized spacial score (nSPS) is 11.1. The molecule has 0 heterocycles. The van der Waals surface area contributed by atoms with Gasteiger partial charge in [0.1, 0.15) is 0 Å². The van der Waals surface area contributed by atoms with Crippen molar-refractivity contribution < 1.29 is 4.74 Å². The van der Waals surface area contributed by atoms with E-state index in [1.54, 1.807) is 0 Å². The lowest BCUT2D eigenvalue weighted by Crippen LogP contribution is -1.91. The van der Waals surface area contributed by atoms with Gasteiger partial charge < -0.3 is 4.74 Å². The van der Waals surface area contributed by atoms with Gasteiger partial charge in [-0.05, 0) is 44.3 Å². The highest BCUT2D eigenvalue weighted by Gasteiger charge is 1.82. The number of unbranched alkanes of at least 4 members (excludes halogenated alkanes) is 3. The fourth-order valence-electron chi connectivity index (χ4n) is 1.58. The number of hydrogen-bond acceptors (Lipinski definition) is 1. The first-order valence-corrected chi connectivity index (χ1v) is 8.28. The van der Waals surface area contributed by atoms with Crippen LogP contribution in [0.25, 0.3) is 0 Å². The summed E-state index contributed by atoms with van der Waals surface area (Å²) in [6.07, 6.45) is 20.8. The number of allylic oxidation sites excluding steroid dienone is 3. The average Bonchev–Trinajstić information content (AvgIpc) is 2.47. The molecule has 0 unspecified atom stereocenters. The van der Waals surface area contributed by atoms with Crippen molar-refractivity contribution in [3.63, 3.8) is 0 Å². The Bertz CT molecular complexity index is 299. The molecule has 0 atom stereocenters. The molecule has 0 saturated carbocycles. The highest BCUT2D eigenvalue weighted by atomic mass is 35.5. The van der Waals surface area contributed by atoms with Gasteiger partial charge in [0, 0.05) is 5.88 Å². The Morgan fingerprint density at radius 1 is 0.950 bits per heavy atom.